The monoisotopic (exact) mass is 210 g/mol. The van der Waals surface area contributed by atoms with Gasteiger partial charge >= 0.3 is 14.5 Å². The number of hydrogen-bond donors (Lipinski definition) is 2. The molecule has 0 atom stereocenters. The highest BCUT2D eigenvalue weighted by molar-refractivity contribution is 6.50. The van der Waals surface area contributed by atoms with Gasteiger partial charge in [-0.3, -0.25) is 0 Å². The summed E-state index contributed by atoms with van der Waals surface area (Å²) >= 11 is 0. The van der Waals surface area contributed by atoms with Gasteiger partial charge in [-0.25, -0.2) is 0 Å². The van der Waals surface area contributed by atoms with Gasteiger partial charge in [-0.1, -0.05) is 0 Å². The molecule has 0 saturated carbocycles. The highest BCUT2D eigenvalue weighted by atomic mass is 19.5. The molecule has 2 nitrogen and oxygen atoms in total. The molecule has 0 heterocycles. The van der Waals surface area contributed by atoms with E-state index in [1.807, 2.05) is 0 Å². The lowest BCUT2D eigenvalue weighted by molar-refractivity contribution is 0.366. The molecule has 0 spiro atoms. The van der Waals surface area contributed by atoms with Gasteiger partial charge in [0, 0.05) is 0 Å². The Kier molecular flexibility index (Phi) is 13.4. The van der Waals surface area contributed by atoms with Gasteiger partial charge in [-0.2, -0.15) is 0 Å². The van der Waals surface area contributed by atoms with Gasteiger partial charge in [0.25, 0.3) is 0 Å². The van der Waals surface area contributed by atoms with Crippen molar-refractivity contribution >= 4 is 14.5 Å². The standard InChI is InChI=1S/2BF4.2H3N/c2*2-1(3,4)5;;/h;;2*1H3/q2*-1;;/p+2. The van der Waals surface area contributed by atoms with Crippen LogP contribution >= 0.6 is 0 Å². The van der Waals surface area contributed by atoms with E-state index in [0.717, 1.165) is 0 Å². The Labute approximate surface area is 62.7 Å². The van der Waals surface area contributed by atoms with Crippen LogP contribution in [0.5, 0.6) is 0 Å². The second-order valence-corrected chi connectivity index (χ2v) is 0.990. The molecule has 8 N–H and O–H groups in total. The maximum atomic E-state index is 9.75. The van der Waals surface area contributed by atoms with E-state index in [4.69, 9.17) is 0 Å². The largest absolute Gasteiger partial charge is 0.673 e. The van der Waals surface area contributed by atoms with Gasteiger partial charge in [0.2, 0.25) is 0 Å². The van der Waals surface area contributed by atoms with Gasteiger partial charge < -0.3 is 46.8 Å². The Morgan fingerprint density at radius 1 is 0.417 bits per heavy atom. The normalized spacial score (nSPS) is 10.0. The van der Waals surface area contributed by atoms with E-state index >= 15 is 0 Å². The molecule has 80 valence electrons. The van der Waals surface area contributed by atoms with E-state index in [1.54, 1.807) is 0 Å². The number of hydrogen-bond acceptors (Lipinski definition) is 0. The molecule has 0 amide bonds. The highest BCUT2D eigenvalue weighted by Crippen LogP contribution is 2.07. The predicted molar refractivity (Wildman–Crippen MR) is 32.3 cm³/mol. The first-order valence-electron chi connectivity index (χ1n) is 1.75. The van der Waals surface area contributed by atoms with E-state index in [9.17, 15) is 34.5 Å². The first-order chi connectivity index (χ1) is 4.00. The average molecular weight is 210 g/mol. The summed E-state index contributed by atoms with van der Waals surface area (Å²) in [6.45, 7) is 0. The van der Waals surface area contributed by atoms with Crippen LogP contribution in [0.1, 0.15) is 0 Å². The van der Waals surface area contributed by atoms with Crippen molar-refractivity contribution in [3.63, 3.8) is 0 Å². The molecule has 0 aromatic rings. The number of quaternary nitrogens is 2. The molecule has 0 aliphatic carbocycles. The first kappa shape index (κ1) is 22.5. The third-order valence-corrected chi connectivity index (χ3v) is 0. The molecule has 12 heteroatoms. The summed E-state index contributed by atoms with van der Waals surface area (Å²) in [5.41, 5.74) is 0. The van der Waals surface area contributed by atoms with Crippen molar-refractivity contribution in [1.82, 2.24) is 12.3 Å². The molecule has 0 aromatic heterocycles. The van der Waals surface area contributed by atoms with Crippen molar-refractivity contribution in [2.24, 2.45) is 0 Å². The average Bonchev–Trinajstić information content (AvgIpc) is 1.12. The summed E-state index contributed by atoms with van der Waals surface area (Å²) in [7, 11) is -12.0. The molecule has 0 bridgehead atoms. The van der Waals surface area contributed by atoms with Crippen molar-refractivity contribution in [1.29, 1.82) is 0 Å². The Morgan fingerprint density at radius 3 is 0.417 bits per heavy atom. The summed E-state index contributed by atoms with van der Waals surface area (Å²) < 4.78 is 78.0. The minimum absolute atomic E-state index is 0. The van der Waals surface area contributed by atoms with E-state index in [1.165, 1.54) is 0 Å². The molecule has 12 heavy (non-hydrogen) atoms. The van der Waals surface area contributed by atoms with Gasteiger partial charge in [0.15, 0.2) is 0 Å². The zero-order valence-electron chi connectivity index (χ0n) is 6.18. The lowest BCUT2D eigenvalue weighted by atomic mass is 10.3. The zero-order valence-corrected chi connectivity index (χ0v) is 6.18. The minimum Gasteiger partial charge on any atom is -0.418 e. The first-order valence-corrected chi connectivity index (χ1v) is 1.75. The fraction of sp³-hybridized carbons (Fsp3) is 0. The third kappa shape index (κ3) is 2630. The van der Waals surface area contributed by atoms with Crippen molar-refractivity contribution in [3.8, 4) is 0 Å². The molecule has 0 aromatic carbocycles. The molecule has 0 rings (SSSR count). The van der Waals surface area contributed by atoms with E-state index in [0.29, 0.717) is 0 Å². The van der Waals surface area contributed by atoms with Crippen LogP contribution in [0, 0.1) is 0 Å². The summed E-state index contributed by atoms with van der Waals surface area (Å²) in [6, 6.07) is 0. The highest BCUT2D eigenvalue weighted by Gasteiger charge is 2.21. The third-order valence-electron chi connectivity index (χ3n) is 0. The van der Waals surface area contributed by atoms with E-state index in [2.05, 4.69) is 0 Å². The molecule has 0 fully saturated rings. The number of rotatable bonds is 0. The number of halogens is 8. The maximum Gasteiger partial charge on any atom is 0.673 e. The quantitative estimate of drug-likeness (QED) is 0.454. The van der Waals surface area contributed by atoms with Crippen molar-refractivity contribution in [3.05, 3.63) is 0 Å². The Balaban J connectivity index is -0.0000000457. The predicted octanol–water partition coefficient (Wildman–Crippen LogP) is 3.35. The fourth-order valence-electron chi connectivity index (χ4n) is 0. The topological polar surface area (TPSA) is 73.0 Å². The van der Waals surface area contributed by atoms with E-state index < -0.39 is 14.5 Å². The molecule has 0 aliphatic heterocycles. The van der Waals surface area contributed by atoms with Crippen molar-refractivity contribution in [2.75, 3.05) is 0 Å². The van der Waals surface area contributed by atoms with Crippen molar-refractivity contribution < 1.29 is 34.5 Å². The molecular weight excluding hydrogens is 202 g/mol. The Hall–Kier alpha value is -0.510. The second kappa shape index (κ2) is 7.16. The molecular formula is H8B2F8N2. The van der Waals surface area contributed by atoms with Gasteiger partial charge in [0.05, 0.1) is 0 Å². The minimum atomic E-state index is -6.00. The summed E-state index contributed by atoms with van der Waals surface area (Å²) in [5, 5.41) is 0. The zero-order chi connectivity index (χ0) is 9.00. The van der Waals surface area contributed by atoms with Crippen LogP contribution in [0.4, 0.5) is 34.5 Å². The molecule has 0 saturated heterocycles. The van der Waals surface area contributed by atoms with Crippen LogP contribution in [0.15, 0.2) is 0 Å². The second-order valence-electron chi connectivity index (χ2n) is 0.990. The summed E-state index contributed by atoms with van der Waals surface area (Å²) in [5.74, 6) is 0. The SMILES string of the molecule is F[B-](F)(F)F.F[B-](F)(F)F.[NH4+].[NH4+]. The summed E-state index contributed by atoms with van der Waals surface area (Å²) in [4.78, 5) is 0. The van der Waals surface area contributed by atoms with Crippen LogP contribution in [0.25, 0.3) is 0 Å². The van der Waals surface area contributed by atoms with Crippen LogP contribution in [-0.4, -0.2) is 14.5 Å². The van der Waals surface area contributed by atoms with Crippen molar-refractivity contribution in [2.45, 2.75) is 0 Å². The van der Waals surface area contributed by atoms with Crippen LogP contribution in [0.3, 0.4) is 0 Å². The maximum absolute atomic E-state index is 9.75. The summed E-state index contributed by atoms with van der Waals surface area (Å²) in [6.07, 6.45) is 0. The smallest absolute Gasteiger partial charge is 0.418 e. The Morgan fingerprint density at radius 2 is 0.417 bits per heavy atom. The lowest BCUT2D eigenvalue weighted by Gasteiger charge is -1.94. The van der Waals surface area contributed by atoms with Crippen LogP contribution < -0.4 is 12.3 Å². The molecule has 0 radical (unpaired) electrons. The fourth-order valence-corrected chi connectivity index (χ4v) is 0. The van der Waals surface area contributed by atoms with Gasteiger partial charge in [-0.05, 0) is 0 Å². The van der Waals surface area contributed by atoms with Gasteiger partial charge in [-0.15, -0.1) is 0 Å². The van der Waals surface area contributed by atoms with Crippen LogP contribution in [-0.2, 0) is 0 Å². The molecule has 0 aliphatic rings. The van der Waals surface area contributed by atoms with E-state index in [-0.39, 0.29) is 12.3 Å². The Bertz CT molecular complexity index is 58.0. The molecule has 0 unspecified atom stereocenters. The van der Waals surface area contributed by atoms with Crippen LogP contribution in [0.2, 0.25) is 0 Å². The lowest BCUT2D eigenvalue weighted by Crippen LogP contribution is -2.02. The van der Waals surface area contributed by atoms with Gasteiger partial charge in [0.1, 0.15) is 0 Å².